The minimum atomic E-state index is -2.33. The summed E-state index contributed by atoms with van der Waals surface area (Å²) in [7, 11) is -2.33. The molecule has 0 aromatic heterocycles. The summed E-state index contributed by atoms with van der Waals surface area (Å²) in [4.78, 5) is 10.4. The van der Waals surface area contributed by atoms with Crippen molar-refractivity contribution in [2.45, 2.75) is 136 Å². The van der Waals surface area contributed by atoms with Gasteiger partial charge < -0.3 is 0 Å². The topological polar surface area (TPSA) is 37.3 Å². The van der Waals surface area contributed by atoms with Gasteiger partial charge in [0.1, 0.15) is 0 Å². The zero-order chi connectivity index (χ0) is 20.9. The number of unbranched alkanes of at least 4 members (excludes halogenated alkanes) is 15. The summed E-state index contributed by atoms with van der Waals surface area (Å²) in [6, 6.07) is 0. The molecule has 0 saturated heterocycles. The fourth-order valence-electron chi connectivity index (χ4n) is 4.43. The second-order valence-corrected chi connectivity index (χ2v) is 18.3. The Morgan fingerprint density at radius 2 is 0.750 bits per heavy atom. The van der Waals surface area contributed by atoms with Crippen LogP contribution in [0.25, 0.3) is 0 Å². The molecule has 0 saturated carbocycles. The van der Waals surface area contributed by atoms with Crippen LogP contribution < -0.4 is 0 Å². The molecule has 1 atom stereocenters. The Hall–Kier alpha value is 0.620. The second kappa shape index (κ2) is 20.9. The van der Waals surface area contributed by atoms with Crippen molar-refractivity contribution in [3.8, 4) is 0 Å². The van der Waals surface area contributed by atoms with Gasteiger partial charge in [0.15, 0.2) is 0 Å². The molecule has 0 aromatic rings. The van der Waals surface area contributed by atoms with Crippen LogP contribution in [-0.2, 0) is 4.57 Å². The molecular weight excluding hydrogens is 382 g/mol. The van der Waals surface area contributed by atoms with E-state index in [-0.39, 0.29) is 0 Å². The van der Waals surface area contributed by atoms with Crippen molar-refractivity contribution < 1.29 is 9.46 Å². The first kappa shape index (κ1) is 28.6. The fourth-order valence-corrected chi connectivity index (χ4v) is 12.1. The quantitative estimate of drug-likeness (QED) is 0.136. The van der Waals surface area contributed by atoms with Crippen molar-refractivity contribution >= 4 is 14.7 Å². The standard InChI is InChI=1S/C24H54O2P2/c1-4-7-10-13-16-19-22-28(27(25)26,23-20-17-14-11-8-5-2)24-21-18-15-12-9-6-3/h27-28H,4-24H2,1-3H3,(H,25,26). The number of rotatable bonds is 22. The van der Waals surface area contributed by atoms with E-state index >= 15 is 0 Å². The molecule has 0 aliphatic carbocycles. The minimum absolute atomic E-state index is 1.12. The predicted octanol–water partition coefficient (Wildman–Crippen LogP) is 9.20. The Balaban J connectivity index is 4.47. The van der Waals surface area contributed by atoms with E-state index in [1.54, 1.807) is 0 Å². The molecule has 0 heterocycles. The average Bonchev–Trinajstić information content (AvgIpc) is 2.69. The third-order valence-corrected chi connectivity index (χ3v) is 16.3. The zero-order valence-corrected chi connectivity index (χ0v) is 21.7. The van der Waals surface area contributed by atoms with Crippen LogP contribution in [0.2, 0.25) is 0 Å². The SMILES string of the molecule is CCCCCCCC[PH](CCCCCCCC)(CCCCCCCC)[PH](=O)O. The van der Waals surface area contributed by atoms with Gasteiger partial charge in [0, 0.05) is 0 Å². The maximum absolute atomic E-state index is 12.6. The van der Waals surface area contributed by atoms with Gasteiger partial charge in [-0.1, -0.05) is 0 Å². The molecule has 0 aromatic carbocycles. The van der Waals surface area contributed by atoms with Gasteiger partial charge >= 0.3 is 179 Å². The molecule has 4 heteroatoms. The monoisotopic (exact) mass is 436 g/mol. The van der Waals surface area contributed by atoms with E-state index in [9.17, 15) is 9.46 Å². The summed E-state index contributed by atoms with van der Waals surface area (Å²) < 4.78 is 12.6. The van der Waals surface area contributed by atoms with Gasteiger partial charge in [0.25, 0.3) is 0 Å². The van der Waals surface area contributed by atoms with Crippen LogP contribution in [-0.4, -0.2) is 23.4 Å². The Morgan fingerprint density at radius 1 is 0.500 bits per heavy atom. The van der Waals surface area contributed by atoms with Crippen molar-refractivity contribution in [2.24, 2.45) is 0 Å². The molecular formula is C24H54O2P2. The van der Waals surface area contributed by atoms with Crippen molar-refractivity contribution in [1.29, 1.82) is 0 Å². The zero-order valence-electron chi connectivity index (χ0n) is 19.7. The summed E-state index contributed by atoms with van der Waals surface area (Å²) in [5.74, 6) is 0. The third kappa shape index (κ3) is 15.5. The van der Waals surface area contributed by atoms with Gasteiger partial charge in [-0.2, -0.15) is 0 Å². The first-order valence-electron chi connectivity index (χ1n) is 12.9. The van der Waals surface area contributed by atoms with Crippen molar-refractivity contribution in [2.75, 3.05) is 18.5 Å². The Bertz CT molecular complexity index is 307. The van der Waals surface area contributed by atoms with Crippen LogP contribution in [0.4, 0.5) is 0 Å². The first-order chi connectivity index (χ1) is 13.6. The molecule has 28 heavy (non-hydrogen) atoms. The van der Waals surface area contributed by atoms with Crippen LogP contribution in [0.15, 0.2) is 0 Å². The Kier molecular flexibility index (Phi) is 21.3. The van der Waals surface area contributed by atoms with E-state index < -0.39 is 14.7 Å². The van der Waals surface area contributed by atoms with Crippen molar-refractivity contribution in [3.63, 3.8) is 0 Å². The van der Waals surface area contributed by atoms with Gasteiger partial charge in [-0.15, -0.1) is 0 Å². The molecule has 0 aliphatic heterocycles. The van der Waals surface area contributed by atoms with Gasteiger partial charge in [-0.05, 0) is 0 Å². The summed E-state index contributed by atoms with van der Waals surface area (Å²) in [6.45, 7) is 4.81. The summed E-state index contributed by atoms with van der Waals surface area (Å²) >= 11 is 0. The van der Waals surface area contributed by atoms with E-state index in [0.29, 0.717) is 0 Å². The van der Waals surface area contributed by atoms with Gasteiger partial charge in [-0.3, -0.25) is 0 Å². The van der Waals surface area contributed by atoms with Gasteiger partial charge in [-0.25, -0.2) is 0 Å². The van der Waals surface area contributed by atoms with E-state index in [1.807, 2.05) is 0 Å². The van der Waals surface area contributed by atoms with E-state index in [4.69, 9.17) is 0 Å². The summed E-state index contributed by atoms with van der Waals surface area (Å²) in [5, 5.41) is 0. The molecule has 0 bridgehead atoms. The van der Waals surface area contributed by atoms with E-state index in [1.165, 1.54) is 116 Å². The van der Waals surface area contributed by atoms with Crippen LogP contribution >= 0.6 is 14.7 Å². The van der Waals surface area contributed by atoms with Crippen molar-refractivity contribution in [1.82, 2.24) is 0 Å². The number of hydrogen-bond acceptors (Lipinski definition) is 1. The summed E-state index contributed by atoms with van der Waals surface area (Å²) in [6.07, 6.45) is 26.7. The molecule has 0 amide bonds. The third-order valence-electron chi connectivity index (χ3n) is 6.48. The molecule has 2 nitrogen and oxygen atoms in total. The molecule has 1 N–H and O–H groups in total. The fraction of sp³-hybridized carbons (Fsp3) is 1.00. The van der Waals surface area contributed by atoms with Crippen LogP contribution in [0.3, 0.4) is 0 Å². The van der Waals surface area contributed by atoms with Crippen molar-refractivity contribution in [3.05, 3.63) is 0 Å². The molecule has 172 valence electrons. The molecule has 0 spiro atoms. The maximum atomic E-state index is 12.6. The van der Waals surface area contributed by atoms with E-state index in [2.05, 4.69) is 20.8 Å². The molecule has 0 fully saturated rings. The van der Waals surface area contributed by atoms with Crippen LogP contribution in [0, 0.1) is 0 Å². The number of hydrogen-bond donors (Lipinski definition) is 1. The molecule has 1 unspecified atom stereocenters. The predicted molar refractivity (Wildman–Crippen MR) is 134 cm³/mol. The van der Waals surface area contributed by atoms with Gasteiger partial charge in [0.05, 0.1) is 0 Å². The Labute approximate surface area is 179 Å². The van der Waals surface area contributed by atoms with Crippen LogP contribution in [0.5, 0.6) is 0 Å². The second-order valence-electron chi connectivity index (χ2n) is 9.14. The Morgan fingerprint density at radius 3 is 1.00 bits per heavy atom. The summed E-state index contributed by atoms with van der Waals surface area (Å²) in [5.41, 5.74) is 0. The molecule has 0 radical (unpaired) electrons. The van der Waals surface area contributed by atoms with Gasteiger partial charge in [0.2, 0.25) is 0 Å². The molecule has 0 rings (SSSR count). The van der Waals surface area contributed by atoms with Crippen LogP contribution in [0.1, 0.15) is 136 Å². The normalized spacial score (nSPS) is 13.7. The average molecular weight is 437 g/mol. The molecule has 0 aliphatic rings. The first-order valence-corrected chi connectivity index (χ1v) is 17.8. The van der Waals surface area contributed by atoms with E-state index in [0.717, 1.165) is 18.5 Å².